The summed E-state index contributed by atoms with van der Waals surface area (Å²) in [5, 5.41) is 8.40. The van der Waals surface area contributed by atoms with Gasteiger partial charge in [-0.05, 0) is 44.9 Å². The van der Waals surface area contributed by atoms with E-state index < -0.39 is 0 Å². The number of hydrogen-bond acceptors (Lipinski definition) is 2. The average Bonchev–Trinajstić information content (AvgIpc) is 2.54. The van der Waals surface area contributed by atoms with E-state index >= 15 is 0 Å². The molecule has 5 nitrogen and oxygen atoms in total. The Labute approximate surface area is 148 Å². The molecule has 0 aromatic heterocycles. The maximum absolute atomic E-state index is 12.2. The molecule has 0 aliphatic carbocycles. The number of amides is 3. The first kappa shape index (κ1) is 18.5. The molecule has 3 N–H and O–H groups in total. The lowest BCUT2D eigenvalue weighted by molar-refractivity contribution is -0.116. The molecule has 0 heterocycles. The molecule has 2 aromatic carbocycles. The van der Waals surface area contributed by atoms with Gasteiger partial charge in [-0.15, -0.1) is 0 Å². The van der Waals surface area contributed by atoms with Gasteiger partial charge in [0.05, 0.1) is 11.4 Å². The molecule has 5 heteroatoms. The quantitative estimate of drug-likeness (QED) is 0.741. The van der Waals surface area contributed by atoms with Gasteiger partial charge in [-0.25, -0.2) is 4.79 Å². The van der Waals surface area contributed by atoms with Crippen molar-refractivity contribution >= 4 is 23.3 Å². The van der Waals surface area contributed by atoms with E-state index in [2.05, 4.69) is 22.0 Å². The Morgan fingerprint density at radius 3 is 2.28 bits per heavy atom. The van der Waals surface area contributed by atoms with E-state index in [1.54, 1.807) is 12.1 Å². The van der Waals surface area contributed by atoms with Gasteiger partial charge in [0, 0.05) is 12.5 Å². The Hall–Kier alpha value is -2.82. The van der Waals surface area contributed by atoms with Gasteiger partial charge in [-0.2, -0.15) is 0 Å². The summed E-state index contributed by atoms with van der Waals surface area (Å²) in [7, 11) is 0. The lowest BCUT2D eigenvalue weighted by Gasteiger charge is -2.14. The third-order valence-corrected chi connectivity index (χ3v) is 3.59. The summed E-state index contributed by atoms with van der Waals surface area (Å²) in [6.07, 6.45) is 1.06. The van der Waals surface area contributed by atoms with Gasteiger partial charge >= 0.3 is 6.03 Å². The molecule has 0 saturated carbocycles. The van der Waals surface area contributed by atoms with Crippen molar-refractivity contribution in [2.45, 2.75) is 39.7 Å². The molecule has 132 valence electrons. The van der Waals surface area contributed by atoms with Gasteiger partial charge < -0.3 is 16.0 Å². The van der Waals surface area contributed by atoms with Crippen LogP contribution in [0.25, 0.3) is 0 Å². The maximum atomic E-state index is 12.2. The SMILES string of the molecule is Cc1cccc(CCC(=O)Nc2ccccc2NC(=O)NC(C)C)c1. The van der Waals surface area contributed by atoms with Crippen LogP contribution in [0.4, 0.5) is 16.2 Å². The van der Waals surface area contributed by atoms with E-state index in [1.807, 2.05) is 51.1 Å². The molecule has 0 radical (unpaired) electrons. The molecule has 0 unspecified atom stereocenters. The number of hydrogen-bond donors (Lipinski definition) is 3. The minimum absolute atomic E-state index is 0.0380. The third kappa shape index (κ3) is 6.30. The number of carbonyl (C=O) groups excluding carboxylic acids is 2. The van der Waals surface area contributed by atoms with E-state index in [-0.39, 0.29) is 18.0 Å². The highest BCUT2D eigenvalue weighted by Gasteiger charge is 2.10. The van der Waals surface area contributed by atoms with Gasteiger partial charge in [0.1, 0.15) is 0 Å². The molecule has 0 saturated heterocycles. The van der Waals surface area contributed by atoms with Gasteiger partial charge in [0.25, 0.3) is 0 Å². The smallest absolute Gasteiger partial charge is 0.319 e. The first-order valence-electron chi connectivity index (χ1n) is 8.46. The van der Waals surface area contributed by atoms with Crippen LogP contribution in [0.2, 0.25) is 0 Å². The van der Waals surface area contributed by atoms with Gasteiger partial charge in [-0.1, -0.05) is 42.0 Å². The van der Waals surface area contributed by atoms with E-state index in [9.17, 15) is 9.59 Å². The summed E-state index contributed by atoms with van der Waals surface area (Å²) < 4.78 is 0. The van der Waals surface area contributed by atoms with Gasteiger partial charge in [0.2, 0.25) is 5.91 Å². The zero-order valence-electron chi connectivity index (χ0n) is 14.9. The van der Waals surface area contributed by atoms with Gasteiger partial charge in [-0.3, -0.25) is 4.79 Å². The molecule has 2 rings (SSSR count). The van der Waals surface area contributed by atoms with Crippen molar-refractivity contribution in [3.8, 4) is 0 Å². The highest BCUT2D eigenvalue weighted by Crippen LogP contribution is 2.21. The average molecular weight is 339 g/mol. The number of rotatable bonds is 6. The molecule has 25 heavy (non-hydrogen) atoms. The van der Waals surface area contributed by atoms with E-state index in [1.165, 1.54) is 5.56 Å². The summed E-state index contributed by atoms with van der Waals surface area (Å²) in [6, 6.07) is 15.0. The number of urea groups is 1. The monoisotopic (exact) mass is 339 g/mol. The van der Waals surface area contributed by atoms with Crippen LogP contribution in [0.1, 0.15) is 31.4 Å². The normalized spacial score (nSPS) is 10.4. The van der Waals surface area contributed by atoms with Gasteiger partial charge in [0.15, 0.2) is 0 Å². The molecule has 0 aliphatic rings. The fourth-order valence-electron chi connectivity index (χ4n) is 2.46. The number of nitrogens with one attached hydrogen (secondary N) is 3. The molecule has 0 bridgehead atoms. The van der Waals surface area contributed by atoms with Crippen LogP contribution in [0, 0.1) is 6.92 Å². The summed E-state index contributed by atoms with van der Waals surface area (Å²) in [5.41, 5.74) is 3.49. The van der Waals surface area contributed by atoms with Crippen LogP contribution >= 0.6 is 0 Å². The number of aryl methyl sites for hydroxylation is 2. The Kier molecular flexibility index (Phi) is 6.57. The number of carbonyl (C=O) groups is 2. The van der Waals surface area contributed by atoms with Crippen molar-refractivity contribution in [1.29, 1.82) is 0 Å². The van der Waals surface area contributed by atoms with E-state index in [4.69, 9.17) is 0 Å². The van der Waals surface area contributed by atoms with E-state index in [0.717, 1.165) is 5.56 Å². The first-order chi connectivity index (χ1) is 11.9. The van der Waals surface area contributed by atoms with Crippen molar-refractivity contribution in [2.24, 2.45) is 0 Å². The lowest BCUT2D eigenvalue weighted by atomic mass is 10.1. The maximum Gasteiger partial charge on any atom is 0.319 e. The Balaban J connectivity index is 1.95. The second kappa shape index (κ2) is 8.87. The second-order valence-electron chi connectivity index (χ2n) is 6.34. The largest absolute Gasteiger partial charge is 0.336 e. The van der Waals surface area contributed by atoms with Crippen molar-refractivity contribution in [3.05, 3.63) is 59.7 Å². The fourth-order valence-corrected chi connectivity index (χ4v) is 2.46. The van der Waals surface area contributed by atoms with Crippen molar-refractivity contribution in [2.75, 3.05) is 10.6 Å². The van der Waals surface area contributed by atoms with Crippen molar-refractivity contribution in [1.82, 2.24) is 5.32 Å². The van der Waals surface area contributed by atoms with Crippen LogP contribution in [-0.4, -0.2) is 18.0 Å². The molecule has 2 aromatic rings. The first-order valence-corrected chi connectivity index (χ1v) is 8.46. The second-order valence-corrected chi connectivity index (χ2v) is 6.34. The van der Waals surface area contributed by atoms with Crippen LogP contribution < -0.4 is 16.0 Å². The fraction of sp³-hybridized carbons (Fsp3) is 0.300. The van der Waals surface area contributed by atoms with Crippen LogP contribution in [-0.2, 0) is 11.2 Å². The van der Waals surface area contributed by atoms with Crippen molar-refractivity contribution < 1.29 is 9.59 Å². The number of para-hydroxylation sites is 2. The predicted molar refractivity (Wildman–Crippen MR) is 102 cm³/mol. The summed E-state index contributed by atoms with van der Waals surface area (Å²) >= 11 is 0. The third-order valence-electron chi connectivity index (χ3n) is 3.59. The summed E-state index contributed by atoms with van der Waals surface area (Å²) in [6.45, 7) is 5.81. The van der Waals surface area contributed by atoms with Crippen LogP contribution in [0.15, 0.2) is 48.5 Å². The topological polar surface area (TPSA) is 70.2 Å². The minimum atomic E-state index is -0.295. The summed E-state index contributed by atoms with van der Waals surface area (Å²) in [5.74, 6) is -0.0833. The molecule has 0 aliphatic heterocycles. The molecule has 0 spiro atoms. The molecular weight excluding hydrogens is 314 g/mol. The standard InChI is InChI=1S/C20H25N3O2/c1-14(2)21-20(25)23-18-10-5-4-9-17(18)22-19(24)12-11-16-8-6-7-15(3)13-16/h4-10,13-14H,11-12H2,1-3H3,(H,22,24)(H2,21,23,25). The molecule has 0 atom stereocenters. The van der Waals surface area contributed by atoms with Crippen LogP contribution in [0.3, 0.4) is 0 Å². The molecular formula is C20H25N3O2. The Morgan fingerprint density at radius 1 is 0.960 bits per heavy atom. The lowest BCUT2D eigenvalue weighted by Crippen LogP contribution is -2.34. The Bertz CT molecular complexity index is 741. The van der Waals surface area contributed by atoms with E-state index in [0.29, 0.717) is 24.2 Å². The van der Waals surface area contributed by atoms with Crippen LogP contribution in [0.5, 0.6) is 0 Å². The number of anilines is 2. The van der Waals surface area contributed by atoms with Crippen molar-refractivity contribution in [3.63, 3.8) is 0 Å². The Morgan fingerprint density at radius 2 is 1.64 bits per heavy atom. The predicted octanol–water partition coefficient (Wildman–Crippen LogP) is 4.10. The highest BCUT2D eigenvalue weighted by molar-refractivity contribution is 5.99. The summed E-state index contributed by atoms with van der Waals surface area (Å²) in [4.78, 5) is 24.1. The molecule has 3 amide bonds. The zero-order chi connectivity index (χ0) is 18.2. The highest BCUT2D eigenvalue weighted by atomic mass is 16.2. The number of benzene rings is 2. The zero-order valence-corrected chi connectivity index (χ0v) is 14.9. The minimum Gasteiger partial charge on any atom is -0.336 e. The molecule has 0 fully saturated rings.